The highest BCUT2D eigenvalue weighted by atomic mass is 16.2. The summed E-state index contributed by atoms with van der Waals surface area (Å²) >= 11 is 0. The van der Waals surface area contributed by atoms with Gasteiger partial charge in [-0.3, -0.25) is 24.0 Å². The van der Waals surface area contributed by atoms with Crippen LogP contribution in [0, 0.1) is 0 Å². The lowest BCUT2D eigenvalue weighted by Gasteiger charge is -2.24. The largest absolute Gasteiger partial charge is 0.274 e. The molecule has 0 bridgehead atoms. The fraction of sp³-hybridized carbons (Fsp3) is 0.263. The van der Waals surface area contributed by atoms with Gasteiger partial charge in [0.05, 0.1) is 0 Å². The minimum Gasteiger partial charge on any atom is -0.274 e. The van der Waals surface area contributed by atoms with Gasteiger partial charge in [0.25, 0.3) is 0 Å². The number of rotatable bonds is 3. The predicted molar refractivity (Wildman–Crippen MR) is 102 cm³/mol. The van der Waals surface area contributed by atoms with Crippen LogP contribution in [0.2, 0.25) is 0 Å². The molecular formula is C19H20N4O5. The molecule has 2 rings (SSSR count). The van der Waals surface area contributed by atoms with Gasteiger partial charge in [-0.15, -0.1) is 0 Å². The smallest absolute Gasteiger partial charge is 0.245 e. The summed E-state index contributed by atoms with van der Waals surface area (Å²) in [6.45, 7) is 5.79. The number of carbonyl (C=O) groups excluding carboxylic acids is 5. The predicted octanol–water partition coefficient (Wildman–Crippen LogP) is 2.01. The fourth-order valence-electron chi connectivity index (χ4n) is 2.87. The van der Waals surface area contributed by atoms with E-state index in [2.05, 4.69) is 5.10 Å². The molecule has 2 aromatic rings. The van der Waals surface area contributed by atoms with Crippen LogP contribution in [0.25, 0.3) is 11.3 Å². The number of hydrogen-bond donors (Lipinski definition) is 0. The molecule has 28 heavy (non-hydrogen) atoms. The second kappa shape index (κ2) is 7.95. The van der Waals surface area contributed by atoms with E-state index in [1.165, 1.54) is 6.92 Å². The van der Waals surface area contributed by atoms with Gasteiger partial charge in [0.15, 0.2) is 5.82 Å². The normalized spacial score (nSPS) is 10.3. The molecule has 146 valence electrons. The standard InChI is InChI=1S/C19H20N4O5/c1-11(24)21(12(2)25)18-17(16-9-7-6-8-10-16)20-23(15(5)28)19(18)22(13(3)26)14(4)27/h6-10H,1-5H3. The number of imide groups is 2. The van der Waals surface area contributed by atoms with Crippen LogP contribution in [-0.2, 0) is 19.2 Å². The van der Waals surface area contributed by atoms with Crippen LogP contribution in [0.15, 0.2) is 30.3 Å². The van der Waals surface area contributed by atoms with Gasteiger partial charge >= 0.3 is 0 Å². The van der Waals surface area contributed by atoms with Gasteiger partial charge in [-0.2, -0.15) is 9.78 Å². The molecule has 9 nitrogen and oxygen atoms in total. The first kappa shape index (κ1) is 20.7. The first-order chi connectivity index (χ1) is 13.1. The Morgan fingerprint density at radius 1 is 0.750 bits per heavy atom. The molecule has 0 radical (unpaired) electrons. The number of benzene rings is 1. The summed E-state index contributed by atoms with van der Waals surface area (Å²) in [6.07, 6.45) is 0. The summed E-state index contributed by atoms with van der Waals surface area (Å²) in [5.41, 5.74) is 0.508. The maximum atomic E-state index is 12.3. The molecule has 4 amide bonds. The first-order valence-corrected chi connectivity index (χ1v) is 8.39. The van der Waals surface area contributed by atoms with Gasteiger partial charge in [-0.1, -0.05) is 30.3 Å². The second-order valence-corrected chi connectivity index (χ2v) is 6.06. The van der Waals surface area contributed by atoms with E-state index in [0.29, 0.717) is 5.56 Å². The summed E-state index contributed by atoms with van der Waals surface area (Å²) < 4.78 is 0.847. The van der Waals surface area contributed by atoms with Crippen LogP contribution in [0.4, 0.5) is 11.5 Å². The van der Waals surface area contributed by atoms with Crippen LogP contribution >= 0.6 is 0 Å². The highest BCUT2D eigenvalue weighted by molar-refractivity contribution is 6.22. The lowest BCUT2D eigenvalue weighted by Crippen LogP contribution is -2.39. The monoisotopic (exact) mass is 384 g/mol. The summed E-state index contributed by atoms with van der Waals surface area (Å²) in [4.78, 5) is 62.6. The highest BCUT2D eigenvalue weighted by Gasteiger charge is 2.35. The third-order valence-electron chi connectivity index (χ3n) is 3.88. The van der Waals surface area contributed by atoms with Crippen molar-refractivity contribution in [3.8, 4) is 11.3 Å². The third kappa shape index (κ3) is 3.73. The van der Waals surface area contributed by atoms with Crippen LogP contribution < -0.4 is 9.80 Å². The molecule has 0 N–H and O–H groups in total. The average Bonchev–Trinajstić information content (AvgIpc) is 2.94. The van der Waals surface area contributed by atoms with E-state index in [-0.39, 0.29) is 17.2 Å². The van der Waals surface area contributed by atoms with Gasteiger partial charge < -0.3 is 0 Å². The van der Waals surface area contributed by atoms with E-state index in [1.807, 2.05) is 0 Å². The van der Waals surface area contributed by atoms with E-state index in [0.717, 1.165) is 42.2 Å². The molecule has 1 heterocycles. The SMILES string of the molecule is CC(=O)N(C(C)=O)c1c(-c2ccccc2)nn(C(C)=O)c1N(C(C)=O)C(C)=O. The van der Waals surface area contributed by atoms with Crippen molar-refractivity contribution in [3.05, 3.63) is 30.3 Å². The van der Waals surface area contributed by atoms with Crippen molar-refractivity contribution in [1.29, 1.82) is 0 Å². The van der Waals surface area contributed by atoms with E-state index in [9.17, 15) is 24.0 Å². The molecule has 0 saturated heterocycles. The Morgan fingerprint density at radius 2 is 1.21 bits per heavy atom. The third-order valence-corrected chi connectivity index (χ3v) is 3.88. The Balaban J connectivity index is 3.03. The zero-order chi connectivity index (χ0) is 21.2. The summed E-state index contributed by atoms with van der Waals surface area (Å²) in [7, 11) is 0. The molecule has 0 fully saturated rings. The zero-order valence-electron chi connectivity index (χ0n) is 16.2. The Labute approximate surface area is 161 Å². The molecule has 0 unspecified atom stereocenters. The number of anilines is 2. The van der Waals surface area contributed by atoms with Crippen LogP contribution in [0.5, 0.6) is 0 Å². The molecule has 0 aliphatic carbocycles. The maximum Gasteiger partial charge on any atom is 0.245 e. The van der Waals surface area contributed by atoms with Gasteiger partial charge in [-0.25, -0.2) is 9.80 Å². The second-order valence-electron chi connectivity index (χ2n) is 6.06. The van der Waals surface area contributed by atoms with Crippen molar-refractivity contribution >= 4 is 41.0 Å². The molecule has 0 atom stereocenters. The molecule has 9 heteroatoms. The van der Waals surface area contributed by atoms with Crippen LogP contribution in [0.3, 0.4) is 0 Å². The van der Waals surface area contributed by atoms with E-state index in [4.69, 9.17) is 0 Å². The Morgan fingerprint density at radius 3 is 1.61 bits per heavy atom. The number of amides is 4. The van der Waals surface area contributed by atoms with Crippen LogP contribution in [0.1, 0.15) is 39.4 Å². The van der Waals surface area contributed by atoms with E-state index in [1.54, 1.807) is 30.3 Å². The minimum atomic E-state index is -0.692. The topological polar surface area (TPSA) is 110 Å². The van der Waals surface area contributed by atoms with Crippen molar-refractivity contribution < 1.29 is 24.0 Å². The molecule has 0 saturated carbocycles. The quantitative estimate of drug-likeness (QED) is 0.801. The van der Waals surface area contributed by atoms with Gasteiger partial charge in [0.2, 0.25) is 29.5 Å². The van der Waals surface area contributed by atoms with Crippen LogP contribution in [-0.4, -0.2) is 39.3 Å². The summed E-state index contributed by atoms with van der Waals surface area (Å²) in [5.74, 6) is -3.54. The molecule has 0 aliphatic rings. The van der Waals surface area contributed by atoms with Crippen molar-refractivity contribution in [1.82, 2.24) is 9.78 Å². The lowest BCUT2D eigenvalue weighted by atomic mass is 10.1. The molecule has 0 aliphatic heterocycles. The Kier molecular flexibility index (Phi) is 5.87. The minimum absolute atomic E-state index is 0.105. The number of hydrogen-bond acceptors (Lipinski definition) is 6. The van der Waals surface area contributed by atoms with Gasteiger partial charge in [0.1, 0.15) is 11.4 Å². The summed E-state index contributed by atoms with van der Waals surface area (Å²) in [5, 5.41) is 4.23. The first-order valence-electron chi connectivity index (χ1n) is 8.39. The molecule has 1 aromatic heterocycles. The van der Waals surface area contributed by atoms with Gasteiger partial charge in [0, 0.05) is 40.2 Å². The molecule has 0 spiro atoms. The lowest BCUT2D eigenvalue weighted by molar-refractivity contribution is -0.126. The fourth-order valence-corrected chi connectivity index (χ4v) is 2.87. The van der Waals surface area contributed by atoms with Gasteiger partial charge in [-0.05, 0) is 0 Å². The molecule has 1 aromatic carbocycles. The zero-order valence-corrected chi connectivity index (χ0v) is 16.2. The number of aromatic nitrogens is 2. The maximum absolute atomic E-state index is 12.3. The van der Waals surface area contributed by atoms with Crippen molar-refractivity contribution in [3.63, 3.8) is 0 Å². The Hall–Kier alpha value is -3.62. The number of carbonyl (C=O) groups is 5. The molecular weight excluding hydrogens is 364 g/mol. The summed E-state index contributed by atoms with van der Waals surface area (Å²) in [6, 6.07) is 8.53. The van der Waals surface area contributed by atoms with E-state index >= 15 is 0 Å². The van der Waals surface area contributed by atoms with E-state index < -0.39 is 29.5 Å². The highest BCUT2D eigenvalue weighted by Crippen LogP contribution is 2.40. The van der Waals surface area contributed by atoms with Crippen molar-refractivity contribution in [2.24, 2.45) is 0 Å². The Bertz CT molecular complexity index is 950. The average molecular weight is 384 g/mol. The van der Waals surface area contributed by atoms with Crippen molar-refractivity contribution in [2.75, 3.05) is 9.80 Å². The number of nitrogens with zero attached hydrogens (tertiary/aromatic N) is 4. The van der Waals surface area contributed by atoms with Crippen molar-refractivity contribution in [2.45, 2.75) is 34.6 Å².